The largest absolute Gasteiger partial charge is 0.316 e. The van der Waals surface area contributed by atoms with Crippen LogP contribution in [-0.2, 0) is 13.5 Å². The number of nitrogens with zero attached hydrogens (tertiary/aromatic N) is 2. The summed E-state index contributed by atoms with van der Waals surface area (Å²) in [5, 5.41) is 7.80. The lowest BCUT2D eigenvalue weighted by atomic mass is 9.80. The molecule has 0 radical (unpaired) electrons. The molecular formula is C13H23N3. The highest BCUT2D eigenvalue weighted by molar-refractivity contribution is 5.09. The summed E-state index contributed by atoms with van der Waals surface area (Å²) in [5.74, 6) is 0. The molecule has 3 heteroatoms. The maximum atomic E-state index is 4.27. The Labute approximate surface area is 98.2 Å². The Hall–Kier alpha value is -0.830. The quantitative estimate of drug-likeness (QED) is 0.825. The fraction of sp³-hybridized carbons (Fsp3) is 0.769. The molecule has 0 saturated heterocycles. The van der Waals surface area contributed by atoms with Crippen molar-refractivity contribution in [1.29, 1.82) is 0 Å². The topological polar surface area (TPSA) is 29.9 Å². The molecule has 0 amide bonds. The summed E-state index contributed by atoms with van der Waals surface area (Å²) < 4.78 is 1.91. The van der Waals surface area contributed by atoms with Crippen LogP contribution in [0.4, 0.5) is 0 Å². The maximum Gasteiger partial charge on any atom is 0.0521 e. The zero-order valence-corrected chi connectivity index (χ0v) is 10.5. The van der Waals surface area contributed by atoms with Crippen LogP contribution in [-0.4, -0.2) is 22.9 Å². The van der Waals surface area contributed by atoms with Gasteiger partial charge < -0.3 is 5.32 Å². The van der Waals surface area contributed by atoms with Crippen molar-refractivity contribution in [3.63, 3.8) is 0 Å². The van der Waals surface area contributed by atoms with Gasteiger partial charge in [-0.25, -0.2) is 0 Å². The monoisotopic (exact) mass is 221 g/mol. The first-order valence-electron chi connectivity index (χ1n) is 6.42. The first-order chi connectivity index (χ1) is 7.74. The molecule has 3 nitrogen and oxygen atoms in total. The van der Waals surface area contributed by atoms with Gasteiger partial charge in [-0.05, 0) is 36.8 Å². The Bertz CT molecular complexity index is 324. The third-order valence-corrected chi connectivity index (χ3v) is 3.75. The lowest BCUT2D eigenvalue weighted by Gasteiger charge is -2.28. The molecule has 90 valence electrons. The SMILES string of the molecule is CCNCC1(Cc2cnn(C)c2)CCCC1. The van der Waals surface area contributed by atoms with Crippen molar-refractivity contribution in [3.05, 3.63) is 18.0 Å². The summed E-state index contributed by atoms with van der Waals surface area (Å²) in [6.45, 7) is 4.43. The molecule has 0 aromatic carbocycles. The number of aromatic nitrogens is 2. The highest BCUT2D eigenvalue weighted by atomic mass is 15.2. The van der Waals surface area contributed by atoms with Gasteiger partial charge in [0.15, 0.2) is 0 Å². The van der Waals surface area contributed by atoms with Crippen molar-refractivity contribution < 1.29 is 0 Å². The fourth-order valence-corrected chi connectivity index (χ4v) is 2.93. The second kappa shape index (κ2) is 5.00. The minimum atomic E-state index is 0.499. The average Bonchev–Trinajstić information content (AvgIpc) is 2.87. The van der Waals surface area contributed by atoms with E-state index in [4.69, 9.17) is 0 Å². The maximum absolute atomic E-state index is 4.27. The Morgan fingerprint density at radius 2 is 2.19 bits per heavy atom. The van der Waals surface area contributed by atoms with Crippen molar-refractivity contribution >= 4 is 0 Å². The Kier molecular flexibility index (Phi) is 3.64. The summed E-state index contributed by atoms with van der Waals surface area (Å²) in [7, 11) is 2.00. The van der Waals surface area contributed by atoms with Gasteiger partial charge in [0.1, 0.15) is 0 Å². The van der Waals surface area contributed by atoms with Crippen molar-refractivity contribution in [2.24, 2.45) is 12.5 Å². The molecule has 0 spiro atoms. The van der Waals surface area contributed by atoms with Gasteiger partial charge in [0, 0.05) is 19.8 Å². The normalized spacial score (nSPS) is 19.1. The van der Waals surface area contributed by atoms with Crippen LogP contribution in [0.15, 0.2) is 12.4 Å². The van der Waals surface area contributed by atoms with Crippen LogP contribution in [0.1, 0.15) is 38.2 Å². The summed E-state index contributed by atoms with van der Waals surface area (Å²) in [4.78, 5) is 0. The Morgan fingerprint density at radius 1 is 1.44 bits per heavy atom. The van der Waals surface area contributed by atoms with Gasteiger partial charge in [-0.3, -0.25) is 4.68 Å². The predicted molar refractivity (Wildman–Crippen MR) is 66.4 cm³/mol. The number of aryl methyl sites for hydroxylation is 1. The molecule has 1 aliphatic carbocycles. The third-order valence-electron chi connectivity index (χ3n) is 3.75. The van der Waals surface area contributed by atoms with Gasteiger partial charge in [0.25, 0.3) is 0 Å². The molecule has 2 rings (SSSR count). The van der Waals surface area contributed by atoms with Crippen LogP contribution in [0.5, 0.6) is 0 Å². The van der Waals surface area contributed by atoms with Crippen molar-refractivity contribution in [2.75, 3.05) is 13.1 Å². The first-order valence-corrected chi connectivity index (χ1v) is 6.42. The van der Waals surface area contributed by atoms with E-state index >= 15 is 0 Å². The van der Waals surface area contributed by atoms with E-state index in [-0.39, 0.29) is 0 Å². The highest BCUT2D eigenvalue weighted by Gasteiger charge is 2.33. The van der Waals surface area contributed by atoms with Crippen LogP contribution >= 0.6 is 0 Å². The van der Waals surface area contributed by atoms with Crippen molar-refractivity contribution in [2.45, 2.75) is 39.0 Å². The molecule has 0 atom stereocenters. The molecular weight excluding hydrogens is 198 g/mol. The standard InChI is InChI=1S/C13H23N3/c1-3-14-11-13(6-4-5-7-13)8-12-9-15-16(2)10-12/h9-10,14H,3-8,11H2,1-2H3. The molecule has 16 heavy (non-hydrogen) atoms. The molecule has 1 saturated carbocycles. The van der Waals surface area contributed by atoms with E-state index in [1.54, 1.807) is 0 Å². The van der Waals surface area contributed by atoms with Crippen LogP contribution in [0.25, 0.3) is 0 Å². The van der Waals surface area contributed by atoms with Gasteiger partial charge in [0.05, 0.1) is 6.20 Å². The lowest BCUT2D eigenvalue weighted by molar-refractivity contribution is 0.280. The summed E-state index contributed by atoms with van der Waals surface area (Å²) in [6.07, 6.45) is 10.9. The van der Waals surface area contributed by atoms with E-state index in [1.165, 1.54) is 44.2 Å². The fourth-order valence-electron chi connectivity index (χ4n) is 2.93. The molecule has 1 N–H and O–H groups in total. The summed E-state index contributed by atoms with van der Waals surface area (Å²) in [6, 6.07) is 0. The minimum Gasteiger partial charge on any atom is -0.316 e. The van der Waals surface area contributed by atoms with Crippen LogP contribution < -0.4 is 5.32 Å². The molecule has 1 fully saturated rings. The number of hydrogen-bond donors (Lipinski definition) is 1. The van der Waals surface area contributed by atoms with Crippen molar-refractivity contribution in [3.8, 4) is 0 Å². The van der Waals surface area contributed by atoms with Crippen LogP contribution in [0.2, 0.25) is 0 Å². The second-order valence-corrected chi connectivity index (χ2v) is 5.19. The summed E-state index contributed by atoms with van der Waals surface area (Å²) in [5.41, 5.74) is 1.89. The van der Waals surface area contributed by atoms with Gasteiger partial charge in [-0.1, -0.05) is 19.8 Å². The first kappa shape index (κ1) is 11.6. The van der Waals surface area contributed by atoms with Crippen LogP contribution in [0, 0.1) is 5.41 Å². The third kappa shape index (κ3) is 2.64. The number of nitrogens with one attached hydrogen (secondary N) is 1. The van der Waals surface area contributed by atoms with E-state index in [0.717, 1.165) is 6.54 Å². The summed E-state index contributed by atoms with van der Waals surface area (Å²) >= 11 is 0. The van der Waals surface area contributed by atoms with Crippen molar-refractivity contribution in [1.82, 2.24) is 15.1 Å². The van der Waals surface area contributed by atoms with E-state index in [0.29, 0.717) is 5.41 Å². The smallest absolute Gasteiger partial charge is 0.0521 e. The lowest BCUT2D eigenvalue weighted by Crippen LogP contribution is -2.33. The van der Waals surface area contributed by atoms with Gasteiger partial charge in [-0.2, -0.15) is 5.10 Å². The molecule has 1 aromatic heterocycles. The van der Waals surface area contributed by atoms with Crippen LogP contribution in [0.3, 0.4) is 0 Å². The zero-order chi connectivity index (χ0) is 11.4. The Morgan fingerprint density at radius 3 is 2.75 bits per heavy atom. The number of rotatable bonds is 5. The van der Waals surface area contributed by atoms with Gasteiger partial charge in [-0.15, -0.1) is 0 Å². The molecule has 0 bridgehead atoms. The van der Waals surface area contributed by atoms with E-state index in [2.05, 4.69) is 23.5 Å². The van der Waals surface area contributed by atoms with E-state index in [9.17, 15) is 0 Å². The molecule has 1 heterocycles. The second-order valence-electron chi connectivity index (χ2n) is 5.19. The number of hydrogen-bond acceptors (Lipinski definition) is 2. The Balaban J connectivity index is 2.02. The molecule has 0 aliphatic heterocycles. The average molecular weight is 221 g/mol. The molecule has 0 unspecified atom stereocenters. The van der Waals surface area contributed by atoms with E-state index in [1.807, 2.05) is 17.9 Å². The predicted octanol–water partition coefficient (Wildman–Crippen LogP) is 2.13. The van der Waals surface area contributed by atoms with E-state index < -0.39 is 0 Å². The van der Waals surface area contributed by atoms with Gasteiger partial charge in [0.2, 0.25) is 0 Å². The highest BCUT2D eigenvalue weighted by Crippen LogP contribution is 2.40. The molecule has 1 aliphatic rings. The zero-order valence-electron chi connectivity index (χ0n) is 10.5. The minimum absolute atomic E-state index is 0.499. The molecule has 1 aromatic rings. The van der Waals surface area contributed by atoms with Gasteiger partial charge >= 0.3 is 0 Å².